The predicted molar refractivity (Wildman–Crippen MR) is 90.2 cm³/mol. The molecule has 2 N–H and O–H groups in total. The number of hydrogen-bond donors (Lipinski definition) is 2. The molecule has 7 heteroatoms. The molecule has 126 valence electrons. The van der Waals surface area contributed by atoms with Crippen LogP contribution in [0.3, 0.4) is 0 Å². The topological polar surface area (TPSA) is 81.6 Å². The highest BCUT2D eigenvalue weighted by Crippen LogP contribution is 2.30. The number of halogens is 2. The van der Waals surface area contributed by atoms with Crippen molar-refractivity contribution in [2.24, 2.45) is 0 Å². The number of rotatable bonds is 0. The maximum atomic E-state index is 13.3. The number of H-pyrrole nitrogens is 1. The minimum Gasteiger partial charge on any atom is -0.382 e. The standard InChI is InChI=1S/C11H10FN3O.C7H4FN/c1-5-2-9-10-7(11(16)15-14-9)3-6(12)4-8(10)13-5;8-7-4-2-1-3-6(7)5-9/h3-5,13H,2H2,1H3,(H,15,16);1-4H. The quantitative estimate of drug-likeness (QED) is 0.659. The van der Waals surface area contributed by atoms with Crippen molar-refractivity contribution < 1.29 is 8.78 Å². The Bertz CT molecular complexity index is 1040. The average molecular weight is 340 g/mol. The Hall–Kier alpha value is -3.27. The second-order valence-electron chi connectivity index (χ2n) is 5.72. The number of benzene rings is 2. The van der Waals surface area contributed by atoms with Gasteiger partial charge < -0.3 is 5.32 Å². The van der Waals surface area contributed by atoms with Gasteiger partial charge in [-0.05, 0) is 31.2 Å². The molecule has 0 amide bonds. The van der Waals surface area contributed by atoms with E-state index in [1.807, 2.05) is 6.92 Å². The predicted octanol–water partition coefficient (Wildman–Crippen LogP) is 3.12. The number of anilines is 1. The number of nitrogens with one attached hydrogen (secondary N) is 2. The van der Waals surface area contributed by atoms with Gasteiger partial charge in [-0.1, -0.05) is 12.1 Å². The van der Waals surface area contributed by atoms with Gasteiger partial charge in [0.05, 0.1) is 16.6 Å². The van der Waals surface area contributed by atoms with Crippen LogP contribution in [0.25, 0.3) is 10.8 Å². The van der Waals surface area contributed by atoms with E-state index in [9.17, 15) is 13.6 Å². The lowest BCUT2D eigenvalue weighted by atomic mass is 9.99. The number of nitrogens with zero attached hydrogens (tertiary/aromatic N) is 2. The van der Waals surface area contributed by atoms with Gasteiger partial charge >= 0.3 is 0 Å². The van der Waals surface area contributed by atoms with Crippen LogP contribution in [-0.4, -0.2) is 16.2 Å². The Balaban J connectivity index is 0.000000173. The van der Waals surface area contributed by atoms with Crippen LogP contribution in [0.2, 0.25) is 0 Å². The van der Waals surface area contributed by atoms with Crippen molar-refractivity contribution >= 4 is 16.5 Å². The van der Waals surface area contributed by atoms with Gasteiger partial charge in [-0.25, -0.2) is 13.9 Å². The van der Waals surface area contributed by atoms with Gasteiger partial charge in [-0.3, -0.25) is 4.79 Å². The third kappa shape index (κ3) is 3.33. The summed E-state index contributed by atoms with van der Waals surface area (Å²) < 4.78 is 25.7. The number of aromatic amines is 1. The number of hydrogen-bond acceptors (Lipinski definition) is 4. The monoisotopic (exact) mass is 340 g/mol. The van der Waals surface area contributed by atoms with Crippen molar-refractivity contribution in [3.8, 4) is 6.07 Å². The van der Waals surface area contributed by atoms with E-state index in [0.717, 1.165) is 17.5 Å². The van der Waals surface area contributed by atoms with E-state index >= 15 is 0 Å². The summed E-state index contributed by atoms with van der Waals surface area (Å²) >= 11 is 0. The molecule has 1 aliphatic rings. The zero-order chi connectivity index (χ0) is 18.0. The van der Waals surface area contributed by atoms with Gasteiger partial charge in [0.1, 0.15) is 17.7 Å². The molecule has 0 bridgehead atoms. The van der Waals surface area contributed by atoms with Gasteiger partial charge in [0.25, 0.3) is 5.56 Å². The summed E-state index contributed by atoms with van der Waals surface area (Å²) in [6, 6.07) is 10.4. The highest BCUT2D eigenvalue weighted by molar-refractivity contribution is 5.96. The molecule has 0 saturated heterocycles. The summed E-state index contributed by atoms with van der Waals surface area (Å²) in [5, 5.41) is 18.9. The van der Waals surface area contributed by atoms with Crippen molar-refractivity contribution in [3.63, 3.8) is 0 Å². The Morgan fingerprint density at radius 2 is 2.04 bits per heavy atom. The fraction of sp³-hybridized carbons (Fsp3) is 0.167. The molecule has 5 nitrogen and oxygen atoms in total. The molecule has 0 aliphatic carbocycles. The van der Waals surface area contributed by atoms with Crippen LogP contribution in [0.5, 0.6) is 0 Å². The van der Waals surface area contributed by atoms with Gasteiger partial charge in [0.15, 0.2) is 0 Å². The first-order valence-electron chi connectivity index (χ1n) is 7.61. The number of aromatic nitrogens is 2. The fourth-order valence-corrected chi connectivity index (χ4v) is 2.75. The lowest BCUT2D eigenvalue weighted by Crippen LogP contribution is -2.26. The van der Waals surface area contributed by atoms with Crippen LogP contribution in [0.1, 0.15) is 18.2 Å². The molecule has 2 heterocycles. The molecule has 1 unspecified atom stereocenters. The molecule has 0 fully saturated rings. The van der Waals surface area contributed by atoms with Crippen LogP contribution in [0.15, 0.2) is 41.2 Å². The molecule has 1 aromatic heterocycles. The van der Waals surface area contributed by atoms with Crippen LogP contribution < -0.4 is 10.9 Å². The first kappa shape index (κ1) is 16.6. The SMILES string of the molecule is CC1Cc2n[nH]c(=O)c3cc(F)cc(c23)N1.N#Cc1ccccc1F. The lowest BCUT2D eigenvalue weighted by molar-refractivity contribution is 0.624. The molecule has 0 saturated carbocycles. The summed E-state index contributed by atoms with van der Waals surface area (Å²) in [4.78, 5) is 11.5. The molecular weight excluding hydrogens is 326 g/mol. The summed E-state index contributed by atoms with van der Waals surface area (Å²) in [5.74, 6) is -0.869. The van der Waals surface area contributed by atoms with E-state index < -0.39 is 11.6 Å². The Morgan fingerprint density at radius 3 is 2.72 bits per heavy atom. The van der Waals surface area contributed by atoms with E-state index in [1.54, 1.807) is 18.2 Å². The van der Waals surface area contributed by atoms with E-state index in [1.165, 1.54) is 24.3 Å². The van der Waals surface area contributed by atoms with Crippen molar-refractivity contribution in [1.82, 2.24) is 10.2 Å². The summed E-state index contributed by atoms with van der Waals surface area (Å²) in [6.07, 6.45) is 0.728. The normalized spacial score (nSPS) is 14.9. The molecule has 4 rings (SSSR count). The van der Waals surface area contributed by atoms with Crippen LogP contribution in [-0.2, 0) is 6.42 Å². The Labute approximate surface area is 141 Å². The third-order valence-electron chi connectivity index (χ3n) is 3.82. The minimum atomic E-state index is -0.458. The van der Waals surface area contributed by atoms with Crippen molar-refractivity contribution in [1.29, 1.82) is 5.26 Å². The molecule has 3 aromatic rings. The summed E-state index contributed by atoms with van der Waals surface area (Å²) in [5.41, 5.74) is 1.21. The van der Waals surface area contributed by atoms with Crippen molar-refractivity contribution in [2.45, 2.75) is 19.4 Å². The Morgan fingerprint density at radius 1 is 1.28 bits per heavy atom. The highest BCUT2D eigenvalue weighted by Gasteiger charge is 2.20. The average Bonchev–Trinajstić information content (AvgIpc) is 2.58. The smallest absolute Gasteiger partial charge is 0.272 e. The van der Waals surface area contributed by atoms with E-state index in [2.05, 4.69) is 15.5 Å². The second kappa shape index (κ2) is 6.69. The van der Waals surface area contributed by atoms with Gasteiger partial charge in [0, 0.05) is 23.5 Å². The first-order chi connectivity index (χ1) is 12.0. The van der Waals surface area contributed by atoms with Crippen molar-refractivity contribution in [3.05, 3.63) is 69.6 Å². The fourth-order valence-electron chi connectivity index (χ4n) is 2.75. The first-order valence-corrected chi connectivity index (χ1v) is 7.61. The zero-order valence-corrected chi connectivity index (χ0v) is 13.3. The van der Waals surface area contributed by atoms with Gasteiger partial charge in [-0.15, -0.1) is 0 Å². The lowest BCUT2D eigenvalue weighted by Gasteiger charge is -2.23. The maximum absolute atomic E-state index is 13.3. The van der Waals surface area contributed by atoms with E-state index in [4.69, 9.17) is 5.26 Å². The number of nitriles is 1. The van der Waals surface area contributed by atoms with Crippen LogP contribution >= 0.6 is 0 Å². The molecule has 1 atom stereocenters. The summed E-state index contributed by atoms with van der Waals surface area (Å²) in [7, 11) is 0. The Kier molecular flexibility index (Phi) is 4.44. The molecule has 25 heavy (non-hydrogen) atoms. The molecule has 1 aliphatic heterocycles. The molecule has 0 spiro atoms. The highest BCUT2D eigenvalue weighted by atomic mass is 19.1. The molecular formula is C18H14F2N4O. The maximum Gasteiger partial charge on any atom is 0.272 e. The van der Waals surface area contributed by atoms with Crippen molar-refractivity contribution in [2.75, 3.05) is 5.32 Å². The largest absolute Gasteiger partial charge is 0.382 e. The van der Waals surface area contributed by atoms with Crippen LogP contribution in [0, 0.1) is 23.0 Å². The molecule has 2 aromatic carbocycles. The van der Waals surface area contributed by atoms with E-state index in [0.29, 0.717) is 11.1 Å². The zero-order valence-electron chi connectivity index (χ0n) is 13.3. The van der Waals surface area contributed by atoms with Gasteiger partial charge in [0.2, 0.25) is 0 Å². The molecule has 0 radical (unpaired) electrons. The third-order valence-corrected chi connectivity index (χ3v) is 3.82. The van der Waals surface area contributed by atoms with Crippen LogP contribution in [0.4, 0.5) is 14.5 Å². The van der Waals surface area contributed by atoms with E-state index in [-0.39, 0.29) is 17.2 Å². The minimum absolute atomic E-state index is 0.0949. The summed E-state index contributed by atoms with van der Waals surface area (Å²) in [6.45, 7) is 1.99. The second-order valence-corrected chi connectivity index (χ2v) is 5.72. The van der Waals surface area contributed by atoms with Gasteiger partial charge in [-0.2, -0.15) is 10.4 Å².